The topological polar surface area (TPSA) is 123 Å². The third kappa shape index (κ3) is 3.91. The third-order valence-electron chi connectivity index (χ3n) is 4.83. The van der Waals surface area contributed by atoms with E-state index in [4.69, 9.17) is 4.52 Å². The summed E-state index contributed by atoms with van der Waals surface area (Å²) in [5.41, 5.74) is -0.412. The number of para-hydroxylation sites is 1. The first-order chi connectivity index (χ1) is 13.2. The molecule has 0 spiro atoms. The van der Waals surface area contributed by atoms with Crippen LogP contribution in [0.2, 0.25) is 0 Å². The van der Waals surface area contributed by atoms with Gasteiger partial charge in [-0.05, 0) is 13.0 Å². The van der Waals surface area contributed by atoms with Crippen LogP contribution in [-0.2, 0) is 10.0 Å². The molecule has 1 saturated heterocycles. The summed E-state index contributed by atoms with van der Waals surface area (Å²) in [6, 6.07) is 5.27. The number of nitro benzene ring substituents is 1. The number of aromatic nitrogens is 2. The van der Waals surface area contributed by atoms with E-state index in [-0.39, 0.29) is 29.9 Å². The summed E-state index contributed by atoms with van der Waals surface area (Å²) in [6.45, 7) is 7.26. The lowest BCUT2D eigenvalue weighted by Crippen LogP contribution is -2.49. The lowest BCUT2D eigenvalue weighted by molar-refractivity contribution is -0.387. The van der Waals surface area contributed by atoms with Crippen LogP contribution in [0.4, 0.5) is 5.69 Å². The number of benzene rings is 1. The van der Waals surface area contributed by atoms with Crippen LogP contribution in [0, 0.1) is 10.1 Å². The van der Waals surface area contributed by atoms with Crippen LogP contribution >= 0.6 is 0 Å². The lowest BCUT2D eigenvalue weighted by Gasteiger charge is -2.35. The van der Waals surface area contributed by atoms with Gasteiger partial charge in [-0.15, -0.1) is 0 Å². The second-order valence-corrected chi connectivity index (χ2v) is 8.89. The fourth-order valence-corrected chi connectivity index (χ4v) is 4.68. The Labute approximate surface area is 163 Å². The van der Waals surface area contributed by atoms with Crippen molar-refractivity contribution >= 4 is 15.7 Å². The highest BCUT2D eigenvalue weighted by Gasteiger charge is 2.35. The Kier molecular flexibility index (Phi) is 5.77. The maximum absolute atomic E-state index is 12.9. The Morgan fingerprint density at radius 2 is 1.79 bits per heavy atom. The first-order valence-electron chi connectivity index (χ1n) is 9.03. The van der Waals surface area contributed by atoms with E-state index in [2.05, 4.69) is 15.0 Å². The minimum Gasteiger partial charge on any atom is -0.338 e. The van der Waals surface area contributed by atoms with Gasteiger partial charge in [-0.1, -0.05) is 31.1 Å². The second-order valence-electron chi connectivity index (χ2n) is 6.99. The molecular weight excluding hydrogens is 386 g/mol. The minimum atomic E-state index is -3.94. The molecule has 1 unspecified atom stereocenters. The molecular formula is C17H23N5O5S. The maximum Gasteiger partial charge on any atom is 0.289 e. The summed E-state index contributed by atoms with van der Waals surface area (Å²) >= 11 is 0. The number of sulfonamides is 1. The van der Waals surface area contributed by atoms with Gasteiger partial charge in [0, 0.05) is 38.2 Å². The number of hydrogen-bond acceptors (Lipinski definition) is 8. The van der Waals surface area contributed by atoms with Gasteiger partial charge in [0.15, 0.2) is 10.7 Å². The molecule has 0 bridgehead atoms. The highest BCUT2D eigenvalue weighted by atomic mass is 32.2. The molecule has 3 rings (SSSR count). The van der Waals surface area contributed by atoms with Gasteiger partial charge in [0.05, 0.1) is 11.0 Å². The molecule has 0 N–H and O–H groups in total. The molecule has 1 aromatic heterocycles. The minimum absolute atomic E-state index is 0.143. The molecule has 0 saturated carbocycles. The van der Waals surface area contributed by atoms with Crippen LogP contribution in [0.1, 0.15) is 44.4 Å². The van der Waals surface area contributed by atoms with E-state index < -0.39 is 20.6 Å². The Morgan fingerprint density at radius 1 is 1.14 bits per heavy atom. The molecule has 2 heterocycles. The number of nitrogens with zero attached hydrogens (tertiary/aromatic N) is 5. The van der Waals surface area contributed by atoms with Crippen molar-refractivity contribution in [3.05, 3.63) is 46.1 Å². The van der Waals surface area contributed by atoms with Gasteiger partial charge in [0.1, 0.15) is 0 Å². The molecule has 1 atom stereocenters. The van der Waals surface area contributed by atoms with Crippen LogP contribution < -0.4 is 0 Å². The zero-order valence-corrected chi connectivity index (χ0v) is 16.8. The third-order valence-corrected chi connectivity index (χ3v) is 6.78. The monoisotopic (exact) mass is 409 g/mol. The number of nitro groups is 1. The van der Waals surface area contributed by atoms with E-state index in [1.165, 1.54) is 28.6 Å². The zero-order chi connectivity index (χ0) is 20.5. The Hall–Kier alpha value is -2.37. The predicted molar refractivity (Wildman–Crippen MR) is 100 cm³/mol. The lowest BCUT2D eigenvalue weighted by atomic mass is 10.2. The fraction of sp³-hybridized carbons (Fsp3) is 0.529. The fourth-order valence-electron chi connectivity index (χ4n) is 3.10. The average molecular weight is 409 g/mol. The summed E-state index contributed by atoms with van der Waals surface area (Å²) in [5.74, 6) is 1.30. The molecule has 10 nitrogen and oxygen atoms in total. The summed E-state index contributed by atoms with van der Waals surface area (Å²) < 4.78 is 32.4. The molecule has 152 valence electrons. The van der Waals surface area contributed by atoms with E-state index >= 15 is 0 Å². The van der Waals surface area contributed by atoms with Crippen LogP contribution in [0.3, 0.4) is 0 Å². The highest BCUT2D eigenvalue weighted by Crippen LogP contribution is 2.28. The SMILES string of the molecule is CC(C)c1noc(C(C)N2CCN(S(=O)(=O)c3ccccc3[N+](=O)[O-])CC2)n1. The zero-order valence-electron chi connectivity index (χ0n) is 16.0. The van der Waals surface area contributed by atoms with E-state index in [9.17, 15) is 18.5 Å². The first-order valence-corrected chi connectivity index (χ1v) is 10.5. The quantitative estimate of drug-likeness (QED) is 0.525. The van der Waals surface area contributed by atoms with E-state index in [1.54, 1.807) is 0 Å². The Balaban J connectivity index is 1.72. The van der Waals surface area contributed by atoms with Gasteiger partial charge in [0.25, 0.3) is 5.69 Å². The van der Waals surface area contributed by atoms with Gasteiger partial charge >= 0.3 is 0 Å². The van der Waals surface area contributed by atoms with Gasteiger partial charge < -0.3 is 4.52 Å². The number of rotatable bonds is 6. The van der Waals surface area contributed by atoms with Crippen molar-refractivity contribution in [3.8, 4) is 0 Å². The predicted octanol–water partition coefficient (Wildman–Crippen LogP) is 2.17. The molecule has 0 radical (unpaired) electrons. The summed E-state index contributed by atoms with van der Waals surface area (Å²) in [7, 11) is -3.94. The van der Waals surface area contributed by atoms with Crippen molar-refractivity contribution in [2.75, 3.05) is 26.2 Å². The molecule has 0 amide bonds. The van der Waals surface area contributed by atoms with Crippen molar-refractivity contribution in [1.82, 2.24) is 19.3 Å². The van der Waals surface area contributed by atoms with Crippen LogP contribution in [0.25, 0.3) is 0 Å². The largest absolute Gasteiger partial charge is 0.338 e. The molecule has 2 aromatic rings. The molecule has 0 aliphatic carbocycles. The normalized spacial score (nSPS) is 17.7. The highest BCUT2D eigenvalue weighted by molar-refractivity contribution is 7.89. The Bertz CT molecular complexity index is 950. The standard InChI is InChI=1S/C17H23N5O5S/c1-12(2)16-18-17(27-19-16)13(3)20-8-10-21(11-9-20)28(25,26)15-7-5-4-6-14(15)22(23)24/h4-7,12-13H,8-11H2,1-3H3. The smallest absolute Gasteiger partial charge is 0.289 e. The summed E-state index contributed by atoms with van der Waals surface area (Å²) in [4.78, 5) is 16.7. The first kappa shape index (κ1) is 20.4. The van der Waals surface area contributed by atoms with Gasteiger partial charge in [-0.2, -0.15) is 9.29 Å². The van der Waals surface area contributed by atoms with Crippen LogP contribution in [0.5, 0.6) is 0 Å². The van der Waals surface area contributed by atoms with Crippen LogP contribution in [0.15, 0.2) is 33.7 Å². The van der Waals surface area contributed by atoms with Crippen molar-refractivity contribution < 1.29 is 17.9 Å². The molecule has 28 heavy (non-hydrogen) atoms. The van der Waals surface area contributed by atoms with E-state index in [0.717, 1.165) is 0 Å². The number of hydrogen-bond donors (Lipinski definition) is 0. The average Bonchev–Trinajstić information content (AvgIpc) is 3.18. The van der Waals surface area contributed by atoms with Crippen molar-refractivity contribution in [2.45, 2.75) is 37.6 Å². The van der Waals surface area contributed by atoms with E-state index in [0.29, 0.717) is 24.8 Å². The van der Waals surface area contributed by atoms with Gasteiger partial charge in [0.2, 0.25) is 15.9 Å². The summed E-state index contributed by atoms with van der Waals surface area (Å²) in [5, 5.41) is 15.2. The molecule has 1 aliphatic heterocycles. The summed E-state index contributed by atoms with van der Waals surface area (Å²) in [6.07, 6.45) is 0. The van der Waals surface area contributed by atoms with Crippen molar-refractivity contribution in [1.29, 1.82) is 0 Å². The van der Waals surface area contributed by atoms with Gasteiger partial charge in [-0.3, -0.25) is 15.0 Å². The molecule has 11 heteroatoms. The van der Waals surface area contributed by atoms with Gasteiger partial charge in [-0.25, -0.2) is 8.42 Å². The number of piperazine rings is 1. The Morgan fingerprint density at radius 3 is 2.36 bits per heavy atom. The van der Waals surface area contributed by atoms with E-state index in [1.807, 2.05) is 20.8 Å². The van der Waals surface area contributed by atoms with Crippen molar-refractivity contribution in [3.63, 3.8) is 0 Å². The molecule has 1 aromatic carbocycles. The maximum atomic E-state index is 12.9. The van der Waals surface area contributed by atoms with Crippen molar-refractivity contribution in [2.24, 2.45) is 0 Å². The van der Waals surface area contributed by atoms with Crippen LogP contribution in [-0.4, -0.2) is 58.9 Å². The molecule has 1 aliphatic rings. The molecule has 1 fully saturated rings. The second kappa shape index (κ2) is 7.94.